The van der Waals surface area contributed by atoms with Crippen LogP contribution in [0.25, 0.3) is 0 Å². The summed E-state index contributed by atoms with van der Waals surface area (Å²) in [5, 5.41) is 11.4. The molecule has 0 bridgehead atoms. The van der Waals surface area contributed by atoms with Crippen molar-refractivity contribution in [3.63, 3.8) is 0 Å². The van der Waals surface area contributed by atoms with Crippen LogP contribution in [0.5, 0.6) is 0 Å². The number of likely N-dealkylation sites (tertiary alicyclic amines) is 1. The van der Waals surface area contributed by atoms with Crippen LogP contribution in [-0.4, -0.2) is 47.1 Å². The third-order valence-electron chi connectivity index (χ3n) is 3.08. The molecule has 1 amide bonds. The zero-order valence-electron chi connectivity index (χ0n) is 10.1. The minimum absolute atomic E-state index is 0.189. The Balaban J connectivity index is 2.44. The maximum atomic E-state index is 11.7. The predicted octanol–water partition coefficient (Wildman–Crippen LogP) is 0.450. The number of aliphatic carboxylic acids is 1. The van der Waals surface area contributed by atoms with Gasteiger partial charge in [-0.05, 0) is 40.3 Å². The number of carbonyl (C=O) groups is 2. The van der Waals surface area contributed by atoms with Crippen LogP contribution in [0.2, 0.25) is 0 Å². The predicted molar refractivity (Wildman–Crippen MR) is 60.1 cm³/mol. The van der Waals surface area contributed by atoms with Gasteiger partial charge in [0.1, 0.15) is 5.54 Å². The summed E-state index contributed by atoms with van der Waals surface area (Å²) in [6.45, 7) is 4.00. The third kappa shape index (κ3) is 3.20. The molecule has 1 aliphatic rings. The highest BCUT2D eigenvalue weighted by Crippen LogP contribution is 2.18. The lowest BCUT2D eigenvalue weighted by Gasteiger charge is -2.24. The Morgan fingerprint density at radius 1 is 1.50 bits per heavy atom. The topological polar surface area (TPSA) is 69.6 Å². The van der Waals surface area contributed by atoms with Gasteiger partial charge in [-0.15, -0.1) is 0 Å². The summed E-state index contributed by atoms with van der Waals surface area (Å²) < 4.78 is 0. The molecule has 1 atom stereocenters. The zero-order chi connectivity index (χ0) is 12.3. The molecule has 0 aromatic rings. The van der Waals surface area contributed by atoms with E-state index in [0.717, 1.165) is 19.4 Å². The maximum Gasteiger partial charge on any atom is 0.328 e. The number of nitrogens with one attached hydrogen (secondary N) is 1. The molecule has 1 fully saturated rings. The molecule has 1 unspecified atom stereocenters. The molecule has 0 aromatic heterocycles. The maximum absolute atomic E-state index is 11.7. The SMILES string of the molecule is CN1CCCC1CC(=O)NC(C)(C)C(=O)O. The molecule has 1 aliphatic heterocycles. The van der Waals surface area contributed by atoms with Crippen LogP contribution in [0, 0.1) is 0 Å². The van der Waals surface area contributed by atoms with E-state index in [9.17, 15) is 9.59 Å². The first-order chi connectivity index (χ1) is 7.33. The van der Waals surface area contributed by atoms with Crippen LogP contribution in [0.4, 0.5) is 0 Å². The zero-order valence-corrected chi connectivity index (χ0v) is 10.1. The first-order valence-electron chi connectivity index (χ1n) is 5.57. The van der Waals surface area contributed by atoms with Gasteiger partial charge in [0.25, 0.3) is 0 Å². The Morgan fingerprint density at radius 2 is 2.12 bits per heavy atom. The fraction of sp³-hybridized carbons (Fsp3) is 0.818. The number of carboxylic acid groups (broad SMARTS) is 1. The first kappa shape index (κ1) is 13.0. The van der Waals surface area contributed by atoms with Crippen molar-refractivity contribution >= 4 is 11.9 Å². The summed E-state index contributed by atoms with van der Waals surface area (Å²) in [5.74, 6) is -1.20. The lowest BCUT2D eigenvalue weighted by Crippen LogP contribution is -2.50. The second-order valence-corrected chi connectivity index (χ2v) is 4.96. The molecule has 1 rings (SSSR count). The number of amides is 1. The van der Waals surface area contributed by atoms with Crippen LogP contribution in [0.3, 0.4) is 0 Å². The van der Waals surface area contributed by atoms with Gasteiger partial charge in [-0.2, -0.15) is 0 Å². The normalized spacial score (nSPS) is 22.1. The second-order valence-electron chi connectivity index (χ2n) is 4.96. The van der Waals surface area contributed by atoms with Gasteiger partial charge in [0, 0.05) is 12.5 Å². The van der Waals surface area contributed by atoms with Gasteiger partial charge in [-0.1, -0.05) is 0 Å². The van der Waals surface area contributed by atoms with Crippen molar-refractivity contribution in [1.29, 1.82) is 0 Å². The summed E-state index contributed by atoms with van der Waals surface area (Å²) in [6, 6.07) is 0.254. The summed E-state index contributed by atoms with van der Waals surface area (Å²) in [5.41, 5.74) is -1.19. The molecule has 0 saturated carbocycles. The van der Waals surface area contributed by atoms with Crippen LogP contribution in [0.15, 0.2) is 0 Å². The molecule has 0 aromatic carbocycles. The standard InChI is InChI=1S/C11H20N2O3/c1-11(2,10(15)16)12-9(14)7-8-5-4-6-13(8)3/h8H,4-7H2,1-3H3,(H,12,14)(H,15,16). The van der Waals surface area contributed by atoms with Crippen LogP contribution < -0.4 is 5.32 Å². The van der Waals surface area contributed by atoms with Gasteiger partial charge in [0.2, 0.25) is 5.91 Å². The molecule has 92 valence electrons. The molecular weight excluding hydrogens is 208 g/mol. The van der Waals surface area contributed by atoms with Gasteiger partial charge in [-0.25, -0.2) is 4.79 Å². The number of nitrogens with zero attached hydrogens (tertiary/aromatic N) is 1. The van der Waals surface area contributed by atoms with Crippen molar-refractivity contribution in [3.05, 3.63) is 0 Å². The van der Waals surface area contributed by atoms with Gasteiger partial charge in [-0.3, -0.25) is 4.79 Å². The van der Waals surface area contributed by atoms with Gasteiger partial charge in [0.05, 0.1) is 0 Å². The van der Waals surface area contributed by atoms with Gasteiger partial charge < -0.3 is 15.3 Å². The number of carbonyl (C=O) groups excluding carboxylic acids is 1. The van der Waals surface area contributed by atoms with Crippen molar-refractivity contribution < 1.29 is 14.7 Å². The Kier molecular flexibility index (Phi) is 3.91. The quantitative estimate of drug-likeness (QED) is 0.733. The van der Waals surface area contributed by atoms with Crippen LogP contribution >= 0.6 is 0 Å². The molecule has 2 N–H and O–H groups in total. The summed E-state index contributed by atoms with van der Waals surface area (Å²) >= 11 is 0. The number of hydrogen-bond acceptors (Lipinski definition) is 3. The van der Waals surface area contributed by atoms with E-state index in [0.29, 0.717) is 6.42 Å². The molecule has 5 heteroatoms. The van der Waals surface area contributed by atoms with Crippen molar-refractivity contribution in [2.24, 2.45) is 0 Å². The van der Waals surface area contributed by atoms with Crippen LogP contribution in [-0.2, 0) is 9.59 Å². The highest BCUT2D eigenvalue weighted by Gasteiger charge is 2.31. The number of carboxylic acids is 1. The minimum Gasteiger partial charge on any atom is -0.480 e. The first-order valence-corrected chi connectivity index (χ1v) is 5.57. The molecule has 5 nitrogen and oxygen atoms in total. The molecule has 1 heterocycles. The smallest absolute Gasteiger partial charge is 0.328 e. The average Bonchev–Trinajstić information content (AvgIpc) is 2.50. The van der Waals surface area contributed by atoms with Crippen molar-refractivity contribution in [1.82, 2.24) is 10.2 Å². The highest BCUT2D eigenvalue weighted by molar-refractivity contribution is 5.86. The lowest BCUT2D eigenvalue weighted by atomic mass is 10.0. The number of rotatable bonds is 4. The van der Waals surface area contributed by atoms with E-state index in [-0.39, 0.29) is 11.9 Å². The monoisotopic (exact) mass is 228 g/mol. The molecule has 0 spiro atoms. The fourth-order valence-corrected chi connectivity index (χ4v) is 1.90. The van der Waals surface area contributed by atoms with Crippen molar-refractivity contribution in [2.75, 3.05) is 13.6 Å². The Morgan fingerprint density at radius 3 is 2.56 bits per heavy atom. The fourth-order valence-electron chi connectivity index (χ4n) is 1.90. The molecular formula is C11H20N2O3. The van der Waals surface area contributed by atoms with E-state index in [2.05, 4.69) is 10.2 Å². The summed E-state index contributed by atoms with van der Waals surface area (Å²) in [6.07, 6.45) is 2.50. The summed E-state index contributed by atoms with van der Waals surface area (Å²) in [7, 11) is 1.99. The Labute approximate surface area is 95.8 Å². The van der Waals surface area contributed by atoms with Gasteiger partial charge in [0.15, 0.2) is 0 Å². The van der Waals surface area contributed by atoms with Crippen LogP contribution in [0.1, 0.15) is 33.1 Å². The van der Waals surface area contributed by atoms with Crippen molar-refractivity contribution in [3.8, 4) is 0 Å². The van der Waals surface area contributed by atoms with E-state index in [1.165, 1.54) is 13.8 Å². The minimum atomic E-state index is -1.19. The van der Waals surface area contributed by atoms with E-state index in [1.54, 1.807) is 0 Å². The number of hydrogen-bond donors (Lipinski definition) is 2. The largest absolute Gasteiger partial charge is 0.480 e. The molecule has 0 aliphatic carbocycles. The van der Waals surface area contributed by atoms with E-state index in [1.807, 2.05) is 7.05 Å². The highest BCUT2D eigenvalue weighted by atomic mass is 16.4. The second kappa shape index (κ2) is 4.82. The van der Waals surface area contributed by atoms with Gasteiger partial charge >= 0.3 is 5.97 Å². The van der Waals surface area contributed by atoms with E-state index in [4.69, 9.17) is 5.11 Å². The third-order valence-corrected chi connectivity index (χ3v) is 3.08. The summed E-state index contributed by atoms with van der Waals surface area (Å²) in [4.78, 5) is 24.6. The average molecular weight is 228 g/mol. The molecule has 16 heavy (non-hydrogen) atoms. The molecule has 0 radical (unpaired) electrons. The Bertz CT molecular complexity index is 289. The van der Waals surface area contributed by atoms with E-state index < -0.39 is 11.5 Å². The van der Waals surface area contributed by atoms with Crippen molar-refractivity contribution in [2.45, 2.75) is 44.7 Å². The van der Waals surface area contributed by atoms with E-state index >= 15 is 0 Å². The Hall–Kier alpha value is -1.10. The molecule has 1 saturated heterocycles. The lowest BCUT2D eigenvalue weighted by molar-refractivity contribution is -0.146.